The molecule has 1 heterocycles. The number of morpholine rings is 1. The highest BCUT2D eigenvalue weighted by Gasteiger charge is 2.29. The van der Waals surface area contributed by atoms with E-state index in [0.717, 1.165) is 19.0 Å². The van der Waals surface area contributed by atoms with E-state index in [1.807, 2.05) is 12.1 Å². The topological polar surface area (TPSA) is 41.6 Å². The van der Waals surface area contributed by atoms with Crippen molar-refractivity contribution in [3.63, 3.8) is 0 Å². The molecule has 1 N–H and O–H groups in total. The van der Waals surface area contributed by atoms with E-state index >= 15 is 0 Å². The number of nitrogens with one attached hydrogen (secondary N) is 1. The number of amides is 1. The third-order valence-corrected chi connectivity index (χ3v) is 5.17. The van der Waals surface area contributed by atoms with Crippen molar-refractivity contribution in [2.24, 2.45) is 0 Å². The lowest BCUT2D eigenvalue weighted by Gasteiger charge is -2.33. The van der Waals surface area contributed by atoms with Gasteiger partial charge in [-0.15, -0.1) is 12.4 Å². The Morgan fingerprint density at radius 2 is 1.80 bits per heavy atom. The lowest BCUT2D eigenvalue weighted by Crippen LogP contribution is -2.50. The predicted molar refractivity (Wildman–Crippen MR) is 116 cm³/mol. The van der Waals surface area contributed by atoms with Crippen molar-refractivity contribution in [3.05, 3.63) is 77.9 Å². The SMILES string of the molecule is Cl.O=C1COC(CNCCc2cccc3ccccc23)CN1c1cccc(F)c1F. The van der Waals surface area contributed by atoms with Gasteiger partial charge >= 0.3 is 0 Å². The third-order valence-electron chi connectivity index (χ3n) is 5.17. The van der Waals surface area contributed by atoms with Gasteiger partial charge in [0.25, 0.3) is 5.91 Å². The minimum atomic E-state index is -1.01. The van der Waals surface area contributed by atoms with E-state index in [-0.39, 0.29) is 43.3 Å². The molecule has 1 aliphatic heterocycles. The Bertz CT molecular complexity index is 1030. The molecule has 0 saturated carbocycles. The van der Waals surface area contributed by atoms with Crippen molar-refractivity contribution in [1.82, 2.24) is 5.32 Å². The first-order valence-corrected chi connectivity index (χ1v) is 9.67. The maximum atomic E-state index is 14.1. The van der Waals surface area contributed by atoms with Gasteiger partial charge in [0, 0.05) is 6.54 Å². The highest BCUT2D eigenvalue weighted by atomic mass is 35.5. The average molecular weight is 433 g/mol. The number of hydrogen-bond acceptors (Lipinski definition) is 3. The van der Waals surface area contributed by atoms with Gasteiger partial charge in [-0.1, -0.05) is 48.5 Å². The largest absolute Gasteiger partial charge is 0.365 e. The molecule has 0 aromatic heterocycles. The van der Waals surface area contributed by atoms with Gasteiger partial charge in [-0.2, -0.15) is 0 Å². The van der Waals surface area contributed by atoms with Crippen LogP contribution in [-0.4, -0.2) is 38.3 Å². The Hall–Kier alpha value is -2.54. The molecule has 3 aromatic rings. The molecule has 158 valence electrons. The fourth-order valence-electron chi connectivity index (χ4n) is 3.68. The molecular weight excluding hydrogens is 410 g/mol. The Kier molecular flexibility index (Phi) is 7.37. The van der Waals surface area contributed by atoms with Gasteiger partial charge in [-0.3, -0.25) is 4.79 Å². The minimum Gasteiger partial charge on any atom is -0.365 e. The summed E-state index contributed by atoms with van der Waals surface area (Å²) >= 11 is 0. The number of anilines is 1. The van der Waals surface area contributed by atoms with E-state index in [4.69, 9.17) is 4.74 Å². The first kappa shape index (κ1) is 22.2. The standard InChI is InChI=1S/C23H22F2N2O2.ClH/c24-20-9-4-10-21(23(20)25)27-14-18(29-15-22(27)28)13-26-12-11-17-7-3-6-16-5-1-2-8-19(16)17;/h1-10,18,26H,11-15H2;1H. The molecule has 1 saturated heterocycles. The predicted octanol–water partition coefficient (Wildman–Crippen LogP) is 4.10. The first-order valence-electron chi connectivity index (χ1n) is 9.67. The van der Waals surface area contributed by atoms with Gasteiger partial charge in [-0.05, 0) is 41.4 Å². The smallest absolute Gasteiger partial charge is 0.253 e. The summed E-state index contributed by atoms with van der Waals surface area (Å²) in [6, 6.07) is 18.4. The zero-order chi connectivity index (χ0) is 20.2. The lowest BCUT2D eigenvalue weighted by atomic mass is 10.0. The van der Waals surface area contributed by atoms with Crippen LogP contribution in [0.1, 0.15) is 5.56 Å². The van der Waals surface area contributed by atoms with Gasteiger partial charge in [0.2, 0.25) is 0 Å². The number of fused-ring (bicyclic) bond motifs is 1. The summed E-state index contributed by atoms with van der Waals surface area (Å²) in [5.41, 5.74) is 1.22. The first-order chi connectivity index (χ1) is 14.1. The number of benzene rings is 3. The van der Waals surface area contributed by atoms with Crippen LogP contribution < -0.4 is 10.2 Å². The van der Waals surface area contributed by atoms with Gasteiger partial charge < -0.3 is 15.0 Å². The van der Waals surface area contributed by atoms with Crippen molar-refractivity contribution in [2.45, 2.75) is 12.5 Å². The van der Waals surface area contributed by atoms with Gasteiger partial charge in [0.15, 0.2) is 11.6 Å². The van der Waals surface area contributed by atoms with Crippen molar-refractivity contribution in [1.29, 1.82) is 0 Å². The lowest BCUT2D eigenvalue weighted by molar-refractivity contribution is -0.129. The van der Waals surface area contributed by atoms with E-state index in [2.05, 4.69) is 35.6 Å². The second kappa shape index (κ2) is 9.98. The number of halogens is 3. The van der Waals surface area contributed by atoms with Crippen LogP contribution in [-0.2, 0) is 16.0 Å². The quantitative estimate of drug-likeness (QED) is 0.596. The van der Waals surface area contributed by atoms with Crippen LogP contribution in [0.4, 0.5) is 14.5 Å². The molecule has 0 spiro atoms. The van der Waals surface area contributed by atoms with E-state index in [0.29, 0.717) is 6.54 Å². The molecule has 1 amide bonds. The maximum Gasteiger partial charge on any atom is 0.253 e. The molecule has 0 aliphatic carbocycles. The third kappa shape index (κ3) is 4.78. The average Bonchev–Trinajstić information content (AvgIpc) is 2.74. The van der Waals surface area contributed by atoms with Crippen LogP contribution in [0.2, 0.25) is 0 Å². The van der Waals surface area contributed by atoms with E-state index in [1.54, 1.807) is 0 Å². The fourth-order valence-corrected chi connectivity index (χ4v) is 3.68. The van der Waals surface area contributed by atoms with Crippen LogP contribution in [0.15, 0.2) is 60.7 Å². The van der Waals surface area contributed by atoms with Crippen LogP contribution in [0.25, 0.3) is 10.8 Å². The molecular formula is C23H23ClF2N2O2. The summed E-state index contributed by atoms with van der Waals surface area (Å²) in [5, 5.41) is 5.80. The number of carbonyl (C=O) groups is 1. The van der Waals surface area contributed by atoms with Gasteiger partial charge in [0.05, 0.1) is 18.3 Å². The summed E-state index contributed by atoms with van der Waals surface area (Å²) < 4.78 is 33.2. The molecule has 30 heavy (non-hydrogen) atoms. The summed E-state index contributed by atoms with van der Waals surface area (Å²) in [6.45, 7) is 1.30. The van der Waals surface area contributed by atoms with Gasteiger partial charge in [-0.25, -0.2) is 8.78 Å². The second-order valence-electron chi connectivity index (χ2n) is 7.10. The molecule has 3 aromatic carbocycles. The Morgan fingerprint density at radius 3 is 2.67 bits per heavy atom. The fraction of sp³-hybridized carbons (Fsp3) is 0.261. The Morgan fingerprint density at radius 1 is 1.03 bits per heavy atom. The van der Waals surface area contributed by atoms with E-state index < -0.39 is 11.6 Å². The van der Waals surface area contributed by atoms with E-state index in [1.165, 1.54) is 33.4 Å². The zero-order valence-electron chi connectivity index (χ0n) is 16.3. The molecule has 0 radical (unpaired) electrons. The maximum absolute atomic E-state index is 14.1. The number of carbonyl (C=O) groups excluding carboxylic acids is 1. The Labute approximate surface area is 180 Å². The summed E-state index contributed by atoms with van der Waals surface area (Å²) in [4.78, 5) is 13.4. The van der Waals surface area contributed by atoms with Crippen molar-refractivity contribution in [2.75, 3.05) is 31.1 Å². The van der Waals surface area contributed by atoms with Crippen LogP contribution in [0, 0.1) is 11.6 Å². The molecule has 4 nitrogen and oxygen atoms in total. The monoisotopic (exact) mass is 432 g/mol. The van der Waals surface area contributed by atoms with Crippen LogP contribution >= 0.6 is 12.4 Å². The van der Waals surface area contributed by atoms with E-state index in [9.17, 15) is 13.6 Å². The molecule has 7 heteroatoms. The molecule has 1 atom stereocenters. The van der Waals surface area contributed by atoms with Crippen LogP contribution in [0.5, 0.6) is 0 Å². The van der Waals surface area contributed by atoms with Crippen molar-refractivity contribution >= 4 is 34.8 Å². The number of hydrogen-bond donors (Lipinski definition) is 1. The Balaban J connectivity index is 0.00000256. The minimum absolute atomic E-state index is 0. The number of rotatable bonds is 6. The molecule has 1 aliphatic rings. The van der Waals surface area contributed by atoms with Crippen molar-refractivity contribution < 1.29 is 18.3 Å². The second-order valence-corrected chi connectivity index (χ2v) is 7.10. The summed E-state index contributed by atoms with van der Waals surface area (Å²) in [6.07, 6.45) is 0.567. The highest BCUT2D eigenvalue weighted by molar-refractivity contribution is 5.95. The number of nitrogens with zero attached hydrogens (tertiary/aromatic N) is 1. The molecule has 4 rings (SSSR count). The highest BCUT2D eigenvalue weighted by Crippen LogP contribution is 2.24. The summed E-state index contributed by atoms with van der Waals surface area (Å²) in [5.74, 6) is -2.35. The molecule has 1 unspecified atom stereocenters. The van der Waals surface area contributed by atoms with Crippen LogP contribution in [0.3, 0.4) is 0 Å². The summed E-state index contributed by atoms with van der Waals surface area (Å²) in [7, 11) is 0. The van der Waals surface area contributed by atoms with Crippen molar-refractivity contribution in [3.8, 4) is 0 Å². The number of ether oxygens (including phenoxy) is 1. The van der Waals surface area contributed by atoms with Gasteiger partial charge in [0.1, 0.15) is 6.61 Å². The molecule has 1 fully saturated rings. The normalized spacial score (nSPS) is 16.5. The zero-order valence-corrected chi connectivity index (χ0v) is 17.1. The molecule has 0 bridgehead atoms.